The van der Waals surface area contributed by atoms with Crippen LogP contribution in [0.3, 0.4) is 0 Å². The Bertz CT molecular complexity index is 303. The number of hydrogen-bond donors (Lipinski definition) is 1. The molecule has 112 valence electrons. The van der Waals surface area contributed by atoms with Crippen molar-refractivity contribution in [1.29, 1.82) is 0 Å². The molecule has 0 spiro atoms. The van der Waals surface area contributed by atoms with E-state index < -0.39 is 0 Å². The smallest absolute Gasteiger partial charge is 0.0622 e. The second kappa shape index (κ2) is 5.01. The molecule has 2 aliphatic rings. The van der Waals surface area contributed by atoms with Crippen LogP contribution in [0.5, 0.6) is 0 Å². The Morgan fingerprint density at radius 3 is 2.11 bits per heavy atom. The Morgan fingerprint density at radius 2 is 1.68 bits per heavy atom. The van der Waals surface area contributed by atoms with Gasteiger partial charge in [-0.05, 0) is 43.6 Å². The lowest BCUT2D eigenvalue weighted by Gasteiger charge is -2.56. The van der Waals surface area contributed by atoms with E-state index in [9.17, 15) is 0 Å². The largest absolute Gasteiger partial charge is 0.380 e. The topological polar surface area (TPSA) is 38.5 Å². The average Bonchev–Trinajstić information content (AvgIpc) is 2.76. The van der Waals surface area contributed by atoms with E-state index in [1.165, 1.54) is 19.3 Å². The number of nitrogens with zero attached hydrogens (tertiary/aromatic N) is 1. The molecule has 1 saturated carbocycles. The summed E-state index contributed by atoms with van der Waals surface area (Å²) in [6, 6.07) is 0.549. The summed E-state index contributed by atoms with van der Waals surface area (Å²) >= 11 is 0. The fraction of sp³-hybridized carbons (Fsp3) is 1.00. The van der Waals surface area contributed by atoms with E-state index in [4.69, 9.17) is 10.5 Å². The molecule has 0 aromatic heterocycles. The third-order valence-corrected chi connectivity index (χ3v) is 5.15. The van der Waals surface area contributed by atoms with Crippen LogP contribution in [0, 0.1) is 10.8 Å². The Hall–Kier alpha value is -0.120. The van der Waals surface area contributed by atoms with Crippen LogP contribution in [-0.4, -0.2) is 43.3 Å². The fourth-order valence-corrected chi connectivity index (χ4v) is 5.02. The van der Waals surface area contributed by atoms with Gasteiger partial charge in [-0.3, -0.25) is 4.90 Å². The second-order valence-electron chi connectivity index (χ2n) is 8.42. The molecule has 0 aromatic rings. The lowest BCUT2D eigenvalue weighted by Crippen LogP contribution is -2.62. The van der Waals surface area contributed by atoms with Crippen molar-refractivity contribution < 1.29 is 4.74 Å². The first-order valence-corrected chi connectivity index (χ1v) is 7.71. The maximum atomic E-state index is 6.27. The van der Waals surface area contributed by atoms with Gasteiger partial charge in [0.05, 0.1) is 6.61 Å². The normalized spacial score (nSPS) is 32.7. The standard InChI is InChI=1S/C16H32N2O/c1-14(2)9-15(3,4)11-16(10-14,12-17)18(5)13-6-7-19-8-13/h13H,6-12,17H2,1-5H3. The summed E-state index contributed by atoms with van der Waals surface area (Å²) in [7, 11) is 2.27. The second-order valence-corrected chi connectivity index (χ2v) is 8.42. The van der Waals surface area contributed by atoms with E-state index in [0.717, 1.165) is 26.2 Å². The summed E-state index contributed by atoms with van der Waals surface area (Å²) in [5.41, 5.74) is 7.15. The van der Waals surface area contributed by atoms with E-state index in [1.54, 1.807) is 0 Å². The van der Waals surface area contributed by atoms with Gasteiger partial charge in [-0.25, -0.2) is 0 Å². The van der Waals surface area contributed by atoms with Crippen molar-refractivity contribution in [2.75, 3.05) is 26.8 Å². The van der Waals surface area contributed by atoms with Gasteiger partial charge < -0.3 is 10.5 Å². The molecule has 1 unspecified atom stereocenters. The summed E-state index contributed by atoms with van der Waals surface area (Å²) in [6.07, 6.45) is 4.84. The first-order chi connectivity index (χ1) is 8.70. The van der Waals surface area contributed by atoms with E-state index in [2.05, 4.69) is 39.6 Å². The maximum Gasteiger partial charge on any atom is 0.0622 e. The monoisotopic (exact) mass is 268 g/mol. The Labute approximate surface area is 118 Å². The summed E-state index contributed by atoms with van der Waals surface area (Å²) in [5, 5.41) is 0. The van der Waals surface area contributed by atoms with Crippen molar-refractivity contribution in [2.45, 2.75) is 65.0 Å². The molecule has 2 rings (SSSR count). The highest BCUT2D eigenvalue weighted by atomic mass is 16.5. The van der Waals surface area contributed by atoms with Crippen LogP contribution in [0.2, 0.25) is 0 Å². The highest BCUT2D eigenvalue weighted by Gasteiger charge is 2.50. The van der Waals surface area contributed by atoms with Crippen LogP contribution in [0.15, 0.2) is 0 Å². The molecule has 2 N–H and O–H groups in total. The van der Waals surface area contributed by atoms with Crippen molar-refractivity contribution in [3.63, 3.8) is 0 Å². The van der Waals surface area contributed by atoms with E-state index in [0.29, 0.717) is 16.9 Å². The Morgan fingerprint density at radius 1 is 1.11 bits per heavy atom. The van der Waals surface area contributed by atoms with Crippen LogP contribution in [0.1, 0.15) is 53.4 Å². The molecule has 2 fully saturated rings. The van der Waals surface area contributed by atoms with Crippen molar-refractivity contribution in [2.24, 2.45) is 16.6 Å². The van der Waals surface area contributed by atoms with E-state index in [-0.39, 0.29) is 5.54 Å². The van der Waals surface area contributed by atoms with Crippen LogP contribution in [-0.2, 0) is 4.74 Å². The van der Waals surface area contributed by atoms with Gasteiger partial charge in [-0.2, -0.15) is 0 Å². The van der Waals surface area contributed by atoms with Crippen LogP contribution >= 0.6 is 0 Å². The number of hydrogen-bond acceptors (Lipinski definition) is 3. The molecule has 0 bridgehead atoms. The number of nitrogens with two attached hydrogens (primary N) is 1. The van der Waals surface area contributed by atoms with Gasteiger partial charge in [0.2, 0.25) is 0 Å². The SMILES string of the molecule is CN(C1CCOC1)C1(CN)CC(C)(C)CC(C)(C)C1. The highest BCUT2D eigenvalue weighted by Crippen LogP contribution is 2.52. The highest BCUT2D eigenvalue weighted by molar-refractivity contribution is 5.05. The third-order valence-electron chi connectivity index (χ3n) is 5.15. The van der Waals surface area contributed by atoms with Crippen molar-refractivity contribution in [3.05, 3.63) is 0 Å². The summed E-state index contributed by atoms with van der Waals surface area (Å²) in [6.45, 7) is 12.1. The van der Waals surface area contributed by atoms with Gasteiger partial charge in [0, 0.05) is 24.7 Å². The zero-order chi connectivity index (χ0) is 14.3. The fourth-order valence-electron chi connectivity index (χ4n) is 5.02. The summed E-state index contributed by atoms with van der Waals surface area (Å²) in [4.78, 5) is 2.56. The molecular formula is C16H32N2O. The first kappa shape index (κ1) is 15.3. The minimum Gasteiger partial charge on any atom is -0.380 e. The molecule has 1 heterocycles. The van der Waals surface area contributed by atoms with Crippen molar-refractivity contribution in [1.82, 2.24) is 4.90 Å². The van der Waals surface area contributed by atoms with Gasteiger partial charge in [-0.1, -0.05) is 27.7 Å². The molecular weight excluding hydrogens is 236 g/mol. The van der Waals surface area contributed by atoms with Gasteiger partial charge in [0.1, 0.15) is 0 Å². The van der Waals surface area contributed by atoms with E-state index >= 15 is 0 Å². The van der Waals surface area contributed by atoms with Gasteiger partial charge >= 0.3 is 0 Å². The van der Waals surface area contributed by atoms with Crippen LogP contribution < -0.4 is 5.73 Å². The number of ether oxygens (including phenoxy) is 1. The quantitative estimate of drug-likeness (QED) is 0.855. The zero-order valence-electron chi connectivity index (χ0n) is 13.5. The molecule has 3 nitrogen and oxygen atoms in total. The van der Waals surface area contributed by atoms with Crippen molar-refractivity contribution in [3.8, 4) is 0 Å². The Balaban J connectivity index is 2.24. The minimum atomic E-state index is 0.142. The summed E-state index contributed by atoms with van der Waals surface area (Å²) in [5.74, 6) is 0. The number of likely N-dealkylation sites (N-methyl/N-ethyl adjacent to an activating group) is 1. The zero-order valence-corrected chi connectivity index (χ0v) is 13.5. The van der Waals surface area contributed by atoms with Crippen LogP contribution in [0.25, 0.3) is 0 Å². The third kappa shape index (κ3) is 3.14. The van der Waals surface area contributed by atoms with Gasteiger partial charge in [0.15, 0.2) is 0 Å². The van der Waals surface area contributed by atoms with Crippen molar-refractivity contribution >= 4 is 0 Å². The van der Waals surface area contributed by atoms with Gasteiger partial charge in [0.25, 0.3) is 0 Å². The molecule has 0 radical (unpaired) electrons. The molecule has 0 aromatic carbocycles. The molecule has 1 atom stereocenters. The molecule has 1 saturated heterocycles. The molecule has 0 amide bonds. The summed E-state index contributed by atoms with van der Waals surface area (Å²) < 4.78 is 5.58. The average molecular weight is 268 g/mol. The molecule has 19 heavy (non-hydrogen) atoms. The van der Waals surface area contributed by atoms with Crippen LogP contribution in [0.4, 0.5) is 0 Å². The predicted molar refractivity (Wildman–Crippen MR) is 80.2 cm³/mol. The lowest BCUT2D eigenvalue weighted by atomic mass is 9.57. The predicted octanol–water partition coefficient (Wildman–Crippen LogP) is 2.64. The minimum absolute atomic E-state index is 0.142. The molecule has 1 aliphatic carbocycles. The lowest BCUT2D eigenvalue weighted by molar-refractivity contribution is -0.0506. The Kier molecular flexibility index (Phi) is 4.03. The molecule has 1 aliphatic heterocycles. The van der Waals surface area contributed by atoms with E-state index in [1.807, 2.05) is 0 Å². The van der Waals surface area contributed by atoms with Gasteiger partial charge in [-0.15, -0.1) is 0 Å². The maximum absolute atomic E-state index is 6.27. The first-order valence-electron chi connectivity index (χ1n) is 7.71. The molecule has 3 heteroatoms. The number of rotatable bonds is 3.